The molecule has 3 rings (SSSR count). The van der Waals surface area contributed by atoms with E-state index in [4.69, 9.17) is 14.3 Å². The third-order valence-corrected chi connectivity index (χ3v) is 8.69. The molecule has 0 saturated heterocycles. The standard InChI is InChI=1S/C31H41NO8S/c1-5-13-38-29(36)16-22(34)15-21(33)9-10-24-20(4)27(35)17-25-26(32-39-18-23-8-7-14-41-23)11-12-28(30(24)25)40-31(37)19(3)6-2/h5,7-8,14,17,19-20,22,24,28,30,34H,1,6,9-13,15-16,18H2,2-4H3/b32-26+. The number of ketones is 2. The SMILES string of the molecule is C=CCOC(=O)CC(O)CC(=O)CCC1C(C)C(=O)C=C2/C(=N/OCc3cccs3)CCC(OC(=O)C(C)CC)C21. The number of aliphatic hydroxyl groups is 1. The summed E-state index contributed by atoms with van der Waals surface area (Å²) in [6.45, 7) is 9.42. The van der Waals surface area contributed by atoms with E-state index in [9.17, 15) is 24.3 Å². The number of oxime groups is 1. The highest BCUT2D eigenvalue weighted by molar-refractivity contribution is 7.09. The molecule has 0 aliphatic heterocycles. The van der Waals surface area contributed by atoms with Crippen LogP contribution in [0, 0.1) is 23.7 Å². The van der Waals surface area contributed by atoms with Gasteiger partial charge in [0, 0.05) is 29.6 Å². The van der Waals surface area contributed by atoms with Crippen LogP contribution in [0.4, 0.5) is 0 Å². The van der Waals surface area contributed by atoms with Gasteiger partial charge in [-0.2, -0.15) is 0 Å². The Kier molecular flexibility index (Phi) is 12.5. The number of carbonyl (C=O) groups is 4. The zero-order chi connectivity index (χ0) is 29.9. The van der Waals surface area contributed by atoms with Crippen molar-refractivity contribution in [1.29, 1.82) is 0 Å². The maximum Gasteiger partial charge on any atom is 0.308 e. The third kappa shape index (κ3) is 9.19. The van der Waals surface area contributed by atoms with Crippen LogP contribution in [-0.4, -0.2) is 53.1 Å². The first-order valence-electron chi connectivity index (χ1n) is 14.3. The molecule has 1 saturated carbocycles. The van der Waals surface area contributed by atoms with Gasteiger partial charge in [-0.1, -0.05) is 44.6 Å². The van der Waals surface area contributed by atoms with Crippen LogP contribution in [0.1, 0.15) is 70.6 Å². The summed E-state index contributed by atoms with van der Waals surface area (Å²) in [5.41, 5.74) is 1.36. The molecule has 1 aromatic heterocycles. The van der Waals surface area contributed by atoms with Crippen molar-refractivity contribution in [2.24, 2.45) is 28.8 Å². The van der Waals surface area contributed by atoms with Crippen LogP contribution in [0.15, 0.2) is 47.0 Å². The molecule has 1 aromatic rings. The lowest BCUT2D eigenvalue weighted by molar-refractivity contribution is -0.158. The number of esters is 2. The molecule has 6 unspecified atom stereocenters. The number of rotatable bonds is 15. The van der Waals surface area contributed by atoms with Gasteiger partial charge in [-0.3, -0.25) is 19.2 Å². The largest absolute Gasteiger partial charge is 0.461 e. The average Bonchev–Trinajstić information content (AvgIpc) is 3.46. The Morgan fingerprint density at radius 2 is 2.07 bits per heavy atom. The Labute approximate surface area is 245 Å². The van der Waals surface area contributed by atoms with Crippen molar-refractivity contribution in [3.8, 4) is 0 Å². The van der Waals surface area contributed by atoms with Crippen molar-refractivity contribution < 1.29 is 38.6 Å². The van der Waals surface area contributed by atoms with Crippen LogP contribution in [0.25, 0.3) is 0 Å². The number of hydrogen-bond donors (Lipinski definition) is 1. The molecule has 0 radical (unpaired) electrons. The van der Waals surface area contributed by atoms with E-state index in [0.717, 1.165) is 4.88 Å². The van der Waals surface area contributed by atoms with E-state index in [1.54, 1.807) is 17.4 Å². The second-order valence-corrected chi connectivity index (χ2v) is 11.8. The first kappa shape index (κ1) is 32.4. The maximum atomic E-state index is 13.1. The highest BCUT2D eigenvalue weighted by Crippen LogP contribution is 2.44. The Morgan fingerprint density at radius 3 is 2.76 bits per heavy atom. The lowest BCUT2D eigenvalue weighted by Crippen LogP contribution is -2.46. The molecule has 6 atom stereocenters. The van der Waals surface area contributed by atoms with Crippen molar-refractivity contribution in [2.75, 3.05) is 6.61 Å². The summed E-state index contributed by atoms with van der Waals surface area (Å²) in [5.74, 6) is -2.43. The molecule has 224 valence electrons. The molecule has 9 nitrogen and oxygen atoms in total. The zero-order valence-corrected chi connectivity index (χ0v) is 24.9. The van der Waals surface area contributed by atoms with Crippen molar-refractivity contribution in [2.45, 2.75) is 84.5 Å². The number of nitrogens with zero attached hydrogens (tertiary/aromatic N) is 1. The molecule has 0 spiro atoms. The Balaban J connectivity index is 1.76. The summed E-state index contributed by atoms with van der Waals surface area (Å²) in [7, 11) is 0. The number of fused-ring (bicyclic) bond motifs is 1. The summed E-state index contributed by atoms with van der Waals surface area (Å²) in [4.78, 5) is 57.1. The molecule has 1 heterocycles. The van der Waals surface area contributed by atoms with Gasteiger partial charge in [-0.05, 0) is 54.7 Å². The summed E-state index contributed by atoms with van der Waals surface area (Å²) >= 11 is 1.57. The monoisotopic (exact) mass is 587 g/mol. The Hall–Kier alpha value is -3.11. The van der Waals surface area contributed by atoms with Gasteiger partial charge in [0.2, 0.25) is 0 Å². The number of Topliss-reactive ketones (excluding diaryl/α,β-unsaturated/α-hetero) is 1. The topological polar surface area (TPSA) is 129 Å². The third-order valence-electron chi connectivity index (χ3n) is 7.84. The molecule has 10 heteroatoms. The van der Waals surface area contributed by atoms with Crippen LogP contribution < -0.4 is 0 Å². The second kappa shape index (κ2) is 15.8. The van der Waals surface area contributed by atoms with E-state index in [-0.39, 0.29) is 61.2 Å². The van der Waals surface area contributed by atoms with Crippen LogP contribution in [0.2, 0.25) is 0 Å². The minimum atomic E-state index is -1.15. The van der Waals surface area contributed by atoms with E-state index in [0.29, 0.717) is 43.6 Å². The number of ether oxygens (including phenoxy) is 2. The van der Waals surface area contributed by atoms with Crippen molar-refractivity contribution >= 4 is 40.6 Å². The summed E-state index contributed by atoms with van der Waals surface area (Å²) < 4.78 is 10.9. The smallest absolute Gasteiger partial charge is 0.308 e. The predicted octanol–water partition coefficient (Wildman–Crippen LogP) is 4.97. The minimum Gasteiger partial charge on any atom is -0.461 e. The highest BCUT2D eigenvalue weighted by atomic mass is 32.1. The van der Waals surface area contributed by atoms with E-state index < -0.39 is 24.1 Å². The van der Waals surface area contributed by atoms with Gasteiger partial charge in [-0.25, -0.2) is 0 Å². The quantitative estimate of drug-likeness (QED) is 0.173. The fourth-order valence-corrected chi connectivity index (χ4v) is 5.93. The molecule has 1 fully saturated rings. The van der Waals surface area contributed by atoms with Gasteiger partial charge in [0.05, 0.1) is 24.2 Å². The van der Waals surface area contributed by atoms with Gasteiger partial charge in [0.25, 0.3) is 0 Å². The molecule has 2 aliphatic carbocycles. The molecule has 0 bridgehead atoms. The molecule has 0 amide bonds. The van der Waals surface area contributed by atoms with Crippen LogP contribution in [0.5, 0.6) is 0 Å². The van der Waals surface area contributed by atoms with Crippen LogP contribution >= 0.6 is 11.3 Å². The van der Waals surface area contributed by atoms with Gasteiger partial charge in [0.15, 0.2) is 12.4 Å². The number of thiophene rings is 1. The Bertz CT molecular complexity index is 1140. The van der Waals surface area contributed by atoms with Gasteiger partial charge < -0.3 is 19.4 Å². The van der Waals surface area contributed by atoms with Gasteiger partial charge >= 0.3 is 11.9 Å². The fraction of sp³-hybridized carbons (Fsp3) is 0.581. The zero-order valence-electron chi connectivity index (χ0n) is 24.1. The lowest BCUT2D eigenvalue weighted by atomic mass is 9.63. The first-order chi connectivity index (χ1) is 19.6. The maximum absolute atomic E-state index is 13.1. The first-order valence-corrected chi connectivity index (χ1v) is 15.2. The average molecular weight is 588 g/mol. The molecular weight excluding hydrogens is 546 g/mol. The Morgan fingerprint density at radius 1 is 1.29 bits per heavy atom. The summed E-state index contributed by atoms with van der Waals surface area (Å²) in [6, 6.07) is 3.89. The van der Waals surface area contributed by atoms with Gasteiger partial charge in [-0.15, -0.1) is 11.3 Å². The molecule has 1 N–H and O–H groups in total. The molecule has 41 heavy (non-hydrogen) atoms. The molecule has 2 aliphatic rings. The van der Waals surface area contributed by atoms with E-state index in [2.05, 4.69) is 11.7 Å². The minimum absolute atomic E-state index is 0.0392. The van der Waals surface area contributed by atoms with Gasteiger partial charge in [0.1, 0.15) is 18.5 Å². The fourth-order valence-electron chi connectivity index (χ4n) is 5.32. The normalized spacial score (nSPS) is 24.5. The van der Waals surface area contributed by atoms with Crippen LogP contribution in [-0.2, 0) is 40.1 Å². The highest BCUT2D eigenvalue weighted by Gasteiger charge is 2.46. The van der Waals surface area contributed by atoms with Crippen molar-refractivity contribution in [3.05, 3.63) is 46.7 Å². The van der Waals surface area contributed by atoms with Crippen LogP contribution in [0.3, 0.4) is 0 Å². The number of aliphatic hydroxyl groups excluding tert-OH is 1. The van der Waals surface area contributed by atoms with E-state index in [1.807, 2.05) is 38.3 Å². The van der Waals surface area contributed by atoms with E-state index >= 15 is 0 Å². The number of allylic oxidation sites excluding steroid dienone is 1. The second-order valence-electron chi connectivity index (χ2n) is 10.8. The van der Waals surface area contributed by atoms with Crippen molar-refractivity contribution in [1.82, 2.24) is 0 Å². The molecular formula is C31H41NO8S. The summed E-state index contributed by atoms with van der Waals surface area (Å²) in [6.07, 6.45) is 3.08. The van der Waals surface area contributed by atoms with E-state index in [1.165, 1.54) is 6.08 Å². The lowest BCUT2D eigenvalue weighted by Gasteiger charge is -2.43. The predicted molar refractivity (Wildman–Crippen MR) is 155 cm³/mol. The van der Waals surface area contributed by atoms with Crippen molar-refractivity contribution in [3.63, 3.8) is 0 Å². The number of carbonyl (C=O) groups excluding carboxylic acids is 4. The molecule has 0 aromatic carbocycles. The number of hydrogen-bond acceptors (Lipinski definition) is 10. The summed E-state index contributed by atoms with van der Waals surface area (Å²) in [5, 5.41) is 16.6.